The Balaban J connectivity index is 2.45. The molecule has 1 unspecified atom stereocenters. The largest absolute Gasteiger partial charge is 0.452 e. The molecule has 0 saturated heterocycles. The maximum Gasteiger partial charge on any atom is 0.414 e. The number of anilines is 1. The second-order valence-corrected chi connectivity index (χ2v) is 3.72. The van der Waals surface area contributed by atoms with Gasteiger partial charge in [-0.05, 0) is 24.1 Å². The first-order chi connectivity index (χ1) is 7.63. The van der Waals surface area contributed by atoms with E-state index < -0.39 is 6.09 Å². The van der Waals surface area contributed by atoms with Crippen molar-refractivity contribution in [3.05, 3.63) is 29.6 Å². The van der Waals surface area contributed by atoms with E-state index in [2.05, 4.69) is 4.74 Å². The zero-order chi connectivity index (χ0) is 11.7. The van der Waals surface area contributed by atoms with E-state index in [4.69, 9.17) is 5.73 Å². The molecule has 0 fully saturated rings. The van der Waals surface area contributed by atoms with Gasteiger partial charge in [-0.15, -0.1) is 0 Å². The fourth-order valence-electron chi connectivity index (χ4n) is 1.91. The Morgan fingerprint density at radius 3 is 3.06 bits per heavy atom. The summed E-state index contributed by atoms with van der Waals surface area (Å²) >= 11 is 0. The molecule has 1 atom stereocenters. The molecule has 1 amide bonds. The number of carbonyl (C=O) groups is 1. The van der Waals surface area contributed by atoms with Crippen LogP contribution in [0.25, 0.3) is 0 Å². The molecule has 0 spiro atoms. The standard InChI is InChI=1S/C11H13FN2O2/c1-16-11(15)14-5-4-9(13)8-3-2-7(12)6-10(8)14/h2-3,6,9H,4-5,13H2,1H3. The number of hydrogen-bond acceptors (Lipinski definition) is 3. The maximum atomic E-state index is 13.1. The minimum Gasteiger partial charge on any atom is -0.452 e. The molecule has 2 N–H and O–H groups in total. The lowest BCUT2D eigenvalue weighted by Crippen LogP contribution is -2.38. The van der Waals surface area contributed by atoms with Crippen molar-refractivity contribution in [3.8, 4) is 0 Å². The van der Waals surface area contributed by atoms with E-state index in [1.165, 1.54) is 24.1 Å². The van der Waals surface area contributed by atoms with Gasteiger partial charge in [0.2, 0.25) is 0 Å². The number of nitrogens with zero attached hydrogens (tertiary/aromatic N) is 1. The molecule has 0 saturated carbocycles. The van der Waals surface area contributed by atoms with Crippen LogP contribution in [-0.2, 0) is 4.74 Å². The second-order valence-electron chi connectivity index (χ2n) is 3.72. The van der Waals surface area contributed by atoms with Crippen LogP contribution in [0.5, 0.6) is 0 Å². The van der Waals surface area contributed by atoms with Crippen LogP contribution in [0, 0.1) is 5.82 Å². The van der Waals surface area contributed by atoms with E-state index in [-0.39, 0.29) is 11.9 Å². The van der Waals surface area contributed by atoms with Gasteiger partial charge in [-0.1, -0.05) is 6.07 Å². The summed E-state index contributed by atoms with van der Waals surface area (Å²) in [6.45, 7) is 0.449. The number of fused-ring (bicyclic) bond motifs is 1. The molecule has 2 rings (SSSR count). The van der Waals surface area contributed by atoms with Gasteiger partial charge >= 0.3 is 6.09 Å². The molecule has 1 aliphatic heterocycles. The van der Waals surface area contributed by atoms with Gasteiger partial charge < -0.3 is 10.5 Å². The SMILES string of the molecule is COC(=O)N1CCC(N)c2ccc(F)cc21. The van der Waals surface area contributed by atoms with Crippen molar-refractivity contribution >= 4 is 11.8 Å². The number of benzene rings is 1. The Bertz CT molecular complexity index is 422. The highest BCUT2D eigenvalue weighted by atomic mass is 19.1. The fraction of sp³-hybridized carbons (Fsp3) is 0.364. The van der Waals surface area contributed by atoms with Crippen molar-refractivity contribution in [1.29, 1.82) is 0 Å². The number of halogens is 1. The third-order valence-electron chi connectivity index (χ3n) is 2.74. The summed E-state index contributed by atoms with van der Waals surface area (Å²) in [7, 11) is 1.30. The second kappa shape index (κ2) is 4.09. The molecule has 4 nitrogen and oxygen atoms in total. The molecule has 16 heavy (non-hydrogen) atoms. The number of rotatable bonds is 0. The zero-order valence-electron chi connectivity index (χ0n) is 8.94. The quantitative estimate of drug-likeness (QED) is 0.731. The van der Waals surface area contributed by atoms with Crippen molar-refractivity contribution in [3.63, 3.8) is 0 Å². The van der Waals surface area contributed by atoms with Gasteiger partial charge in [-0.25, -0.2) is 9.18 Å². The highest BCUT2D eigenvalue weighted by Crippen LogP contribution is 2.33. The normalized spacial score (nSPS) is 19.2. The van der Waals surface area contributed by atoms with Crippen molar-refractivity contribution in [2.24, 2.45) is 5.73 Å². The van der Waals surface area contributed by atoms with Crippen LogP contribution >= 0.6 is 0 Å². The number of methoxy groups -OCH3 is 1. The lowest BCUT2D eigenvalue weighted by atomic mass is 9.97. The summed E-state index contributed by atoms with van der Waals surface area (Å²) in [6, 6.07) is 4.12. The number of carbonyl (C=O) groups excluding carboxylic acids is 1. The van der Waals surface area contributed by atoms with E-state index in [0.717, 1.165) is 5.56 Å². The molecule has 0 aromatic heterocycles. The lowest BCUT2D eigenvalue weighted by molar-refractivity contribution is 0.178. The van der Waals surface area contributed by atoms with Crippen molar-refractivity contribution in [1.82, 2.24) is 0 Å². The smallest absolute Gasteiger partial charge is 0.414 e. The Kier molecular flexibility index (Phi) is 2.78. The highest BCUT2D eigenvalue weighted by molar-refractivity contribution is 5.89. The van der Waals surface area contributed by atoms with E-state index >= 15 is 0 Å². The highest BCUT2D eigenvalue weighted by Gasteiger charge is 2.27. The number of hydrogen-bond donors (Lipinski definition) is 1. The zero-order valence-corrected chi connectivity index (χ0v) is 8.94. The summed E-state index contributed by atoms with van der Waals surface area (Å²) in [6.07, 6.45) is 0.159. The van der Waals surface area contributed by atoms with Crippen molar-refractivity contribution < 1.29 is 13.9 Å². The number of ether oxygens (including phenoxy) is 1. The minimum absolute atomic E-state index is 0.156. The first kappa shape index (κ1) is 10.9. The molecule has 86 valence electrons. The minimum atomic E-state index is -0.487. The summed E-state index contributed by atoms with van der Waals surface area (Å²) in [4.78, 5) is 12.9. The van der Waals surface area contributed by atoms with Gasteiger partial charge in [0.15, 0.2) is 0 Å². The average molecular weight is 224 g/mol. The maximum absolute atomic E-state index is 13.1. The van der Waals surface area contributed by atoms with Crippen LogP contribution in [0.4, 0.5) is 14.9 Å². The molecule has 1 aromatic rings. The lowest BCUT2D eigenvalue weighted by Gasteiger charge is -2.31. The first-order valence-corrected chi connectivity index (χ1v) is 5.04. The predicted octanol–water partition coefficient (Wildman–Crippen LogP) is 1.80. The Morgan fingerprint density at radius 2 is 2.38 bits per heavy atom. The molecule has 0 aliphatic carbocycles. The van der Waals surface area contributed by atoms with Crippen LogP contribution in [0.2, 0.25) is 0 Å². The summed E-state index contributed by atoms with van der Waals surface area (Å²) in [5, 5.41) is 0. The summed E-state index contributed by atoms with van der Waals surface area (Å²) in [5.41, 5.74) is 7.18. The van der Waals surface area contributed by atoms with Gasteiger partial charge in [0.1, 0.15) is 5.82 Å². The topological polar surface area (TPSA) is 55.6 Å². The van der Waals surface area contributed by atoms with Crippen molar-refractivity contribution in [2.45, 2.75) is 12.5 Å². The molecule has 0 bridgehead atoms. The molecule has 1 aromatic carbocycles. The summed E-state index contributed by atoms with van der Waals surface area (Å²) < 4.78 is 17.8. The predicted molar refractivity (Wildman–Crippen MR) is 57.7 cm³/mol. The number of nitrogens with two attached hydrogens (primary N) is 1. The van der Waals surface area contributed by atoms with Gasteiger partial charge in [0, 0.05) is 12.6 Å². The van der Waals surface area contributed by atoms with Gasteiger partial charge in [-0.2, -0.15) is 0 Å². The molecular weight excluding hydrogens is 211 g/mol. The monoisotopic (exact) mass is 224 g/mol. The van der Waals surface area contributed by atoms with Gasteiger partial charge in [-0.3, -0.25) is 4.90 Å². The van der Waals surface area contributed by atoms with E-state index in [1.807, 2.05) is 0 Å². The fourth-order valence-corrected chi connectivity index (χ4v) is 1.91. The third kappa shape index (κ3) is 1.74. The molecule has 1 aliphatic rings. The molecular formula is C11H13FN2O2. The van der Waals surface area contributed by atoms with Crippen molar-refractivity contribution in [2.75, 3.05) is 18.6 Å². The van der Waals surface area contributed by atoms with E-state index in [0.29, 0.717) is 18.7 Å². The summed E-state index contributed by atoms with van der Waals surface area (Å²) in [5.74, 6) is -0.387. The molecule has 5 heteroatoms. The Morgan fingerprint density at radius 1 is 1.62 bits per heavy atom. The first-order valence-electron chi connectivity index (χ1n) is 5.04. The number of amides is 1. The van der Waals surface area contributed by atoms with Gasteiger partial charge in [0.05, 0.1) is 12.8 Å². The Hall–Kier alpha value is -1.62. The molecule has 1 heterocycles. The van der Waals surface area contributed by atoms with Crippen LogP contribution < -0.4 is 10.6 Å². The van der Waals surface area contributed by atoms with Crippen LogP contribution in [0.15, 0.2) is 18.2 Å². The van der Waals surface area contributed by atoms with E-state index in [1.54, 1.807) is 6.07 Å². The van der Waals surface area contributed by atoms with Crippen LogP contribution in [0.3, 0.4) is 0 Å². The van der Waals surface area contributed by atoms with Crippen LogP contribution in [-0.4, -0.2) is 19.7 Å². The average Bonchev–Trinajstić information content (AvgIpc) is 2.28. The van der Waals surface area contributed by atoms with Gasteiger partial charge in [0.25, 0.3) is 0 Å². The Labute approximate surface area is 92.8 Å². The third-order valence-corrected chi connectivity index (χ3v) is 2.74. The van der Waals surface area contributed by atoms with Crippen LogP contribution in [0.1, 0.15) is 18.0 Å². The molecule has 0 radical (unpaired) electrons. The van der Waals surface area contributed by atoms with E-state index in [9.17, 15) is 9.18 Å².